The average molecular weight is 301 g/mol. The lowest BCUT2D eigenvalue weighted by atomic mass is 10.4. The van der Waals surface area contributed by atoms with E-state index >= 15 is 0 Å². The molecule has 1 amide bonds. The summed E-state index contributed by atoms with van der Waals surface area (Å²) >= 11 is 1.09. The smallest absolute Gasteiger partial charge is 0.330 e. The lowest BCUT2D eigenvalue weighted by molar-refractivity contribution is -0.168. The highest BCUT2D eigenvalue weighted by Crippen LogP contribution is 2.22. The van der Waals surface area contributed by atoms with Crippen LogP contribution in [0.5, 0.6) is 0 Å². The van der Waals surface area contributed by atoms with Crippen LogP contribution in [-0.4, -0.2) is 41.1 Å². The molecule has 0 atom stereocenters. The van der Waals surface area contributed by atoms with Crippen molar-refractivity contribution in [2.45, 2.75) is 25.8 Å². The quantitative estimate of drug-likeness (QED) is 0.773. The second-order valence-corrected chi connectivity index (χ2v) is 4.45. The third-order valence-electron chi connectivity index (χ3n) is 2.04. The summed E-state index contributed by atoms with van der Waals surface area (Å²) in [7, 11) is 0. The molecular formula is C9H11F4N3O2S. The van der Waals surface area contributed by atoms with Gasteiger partial charge in [0.25, 0.3) is 0 Å². The van der Waals surface area contributed by atoms with Crippen molar-refractivity contribution in [3.05, 3.63) is 10.6 Å². The lowest BCUT2D eigenvalue weighted by Gasteiger charge is -2.14. The number of hydrogen-bond acceptors (Lipinski definition) is 5. The maximum atomic E-state index is 12.4. The predicted molar refractivity (Wildman–Crippen MR) is 58.3 cm³/mol. The van der Waals surface area contributed by atoms with Gasteiger partial charge in [-0.15, -0.1) is 5.10 Å². The summed E-state index contributed by atoms with van der Waals surface area (Å²) in [6.45, 7) is -0.381. The Kier molecular flexibility index (Phi) is 5.60. The average Bonchev–Trinajstić information content (AvgIpc) is 2.72. The van der Waals surface area contributed by atoms with E-state index in [-0.39, 0.29) is 6.54 Å². The van der Waals surface area contributed by atoms with Crippen LogP contribution in [0.3, 0.4) is 0 Å². The molecule has 1 rings (SSSR count). The highest BCUT2D eigenvalue weighted by Gasteiger charge is 2.41. The topological polar surface area (TPSA) is 64.1 Å². The normalized spacial score (nSPS) is 11.9. The van der Waals surface area contributed by atoms with Crippen molar-refractivity contribution in [1.29, 1.82) is 0 Å². The van der Waals surface area contributed by atoms with Crippen LogP contribution >= 0.6 is 11.5 Å². The van der Waals surface area contributed by atoms with E-state index in [0.717, 1.165) is 11.5 Å². The van der Waals surface area contributed by atoms with Crippen molar-refractivity contribution >= 4 is 17.4 Å². The van der Waals surface area contributed by atoms with Gasteiger partial charge in [-0.2, -0.15) is 8.78 Å². The fourth-order valence-corrected chi connectivity index (χ4v) is 1.56. The van der Waals surface area contributed by atoms with Crippen molar-refractivity contribution in [3.63, 3.8) is 0 Å². The number of alkyl halides is 4. The highest BCUT2D eigenvalue weighted by atomic mass is 32.1. The highest BCUT2D eigenvalue weighted by molar-refractivity contribution is 7.05. The first-order valence-corrected chi connectivity index (χ1v) is 5.88. The van der Waals surface area contributed by atoms with Gasteiger partial charge < -0.3 is 10.1 Å². The first kappa shape index (κ1) is 15.8. The van der Waals surface area contributed by atoms with Crippen LogP contribution in [0.1, 0.15) is 10.6 Å². The molecule has 0 spiro atoms. The fourth-order valence-electron chi connectivity index (χ4n) is 0.986. The van der Waals surface area contributed by atoms with E-state index in [2.05, 4.69) is 19.6 Å². The maximum Gasteiger partial charge on any atom is 0.330 e. The summed E-state index contributed by atoms with van der Waals surface area (Å²) in [6.07, 6.45) is -3.82. The van der Waals surface area contributed by atoms with Crippen LogP contribution in [0.25, 0.3) is 0 Å². The first-order chi connectivity index (χ1) is 8.83. The number of nitrogens with one attached hydrogen (secondary N) is 1. The number of halogens is 4. The van der Waals surface area contributed by atoms with Crippen molar-refractivity contribution in [2.24, 2.45) is 0 Å². The minimum absolute atomic E-state index is 0.136. The Balaban J connectivity index is 2.24. The van der Waals surface area contributed by atoms with Crippen molar-refractivity contribution in [2.75, 3.05) is 13.2 Å². The summed E-state index contributed by atoms with van der Waals surface area (Å²) in [6, 6.07) is 0. The number of carbonyl (C=O) groups is 1. The van der Waals surface area contributed by atoms with E-state index < -0.39 is 31.5 Å². The van der Waals surface area contributed by atoms with Gasteiger partial charge in [-0.05, 0) is 18.5 Å². The SMILES string of the molecule is Cc1nnsc1CNC(=O)COCC(F)(F)C(F)F. The molecule has 10 heteroatoms. The number of nitrogens with zero attached hydrogens (tertiary/aromatic N) is 2. The molecule has 1 N–H and O–H groups in total. The van der Waals surface area contributed by atoms with Gasteiger partial charge in [-0.1, -0.05) is 4.49 Å². The molecule has 5 nitrogen and oxygen atoms in total. The van der Waals surface area contributed by atoms with E-state index in [9.17, 15) is 22.4 Å². The Hall–Kier alpha value is -1.29. The van der Waals surface area contributed by atoms with Crippen LogP contribution in [0.15, 0.2) is 0 Å². The zero-order valence-electron chi connectivity index (χ0n) is 9.83. The Bertz CT molecular complexity index is 427. The van der Waals surface area contributed by atoms with E-state index in [1.165, 1.54) is 0 Å². The standard InChI is InChI=1S/C9H11F4N3O2S/c1-5-6(19-16-15-5)2-14-7(17)3-18-4-9(12,13)8(10)11/h8H,2-4H2,1H3,(H,14,17). The van der Waals surface area contributed by atoms with E-state index in [1.807, 2.05) is 0 Å². The molecule has 0 unspecified atom stereocenters. The lowest BCUT2D eigenvalue weighted by Crippen LogP contribution is -2.35. The molecule has 0 saturated carbocycles. The van der Waals surface area contributed by atoms with Gasteiger partial charge in [0, 0.05) is 0 Å². The molecule has 0 bridgehead atoms. The van der Waals surface area contributed by atoms with E-state index in [4.69, 9.17) is 0 Å². The van der Waals surface area contributed by atoms with Gasteiger partial charge in [0.05, 0.1) is 17.1 Å². The molecule has 0 aliphatic carbocycles. The maximum absolute atomic E-state index is 12.4. The minimum Gasteiger partial charge on any atom is -0.365 e. The molecule has 0 aliphatic heterocycles. The summed E-state index contributed by atoms with van der Waals surface area (Å²) in [5.74, 6) is -4.93. The van der Waals surface area contributed by atoms with Gasteiger partial charge in [0.2, 0.25) is 5.91 Å². The third-order valence-corrected chi connectivity index (χ3v) is 2.86. The molecule has 0 aliphatic rings. The van der Waals surface area contributed by atoms with E-state index in [0.29, 0.717) is 10.6 Å². The molecule has 0 saturated heterocycles. The van der Waals surface area contributed by atoms with Gasteiger partial charge >= 0.3 is 12.3 Å². The largest absolute Gasteiger partial charge is 0.365 e. The number of aryl methyl sites for hydroxylation is 1. The first-order valence-electron chi connectivity index (χ1n) is 5.11. The van der Waals surface area contributed by atoms with Crippen molar-refractivity contribution in [1.82, 2.24) is 14.9 Å². The zero-order valence-corrected chi connectivity index (χ0v) is 10.6. The third kappa shape index (κ3) is 5.07. The van der Waals surface area contributed by atoms with Crippen molar-refractivity contribution < 1.29 is 27.1 Å². The molecule has 1 heterocycles. The Morgan fingerprint density at radius 1 is 1.53 bits per heavy atom. The van der Waals surface area contributed by atoms with Gasteiger partial charge in [0.15, 0.2) is 0 Å². The molecular weight excluding hydrogens is 290 g/mol. The Morgan fingerprint density at radius 3 is 2.74 bits per heavy atom. The summed E-state index contributed by atoms with van der Waals surface area (Å²) in [5, 5.41) is 6.09. The van der Waals surface area contributed by atoms with E-state index in [1.54, 1.807) is 6.92 Å². The van der Waals surface area contributed by atoms with Crippen LogP contribution < -0.4 is 5.32 Å². The summed E-state index contributed by atoms with van der Waals surface area (Å²) in [4.78, 5) is 11.9. The zero-order chi connectivity index (χ0) is 14.5. The Labute approximate surface area is 110 Å². The minimum atomic E-state index is -4.25. The summed E-state index contributed by atoms with van der Waals surface area (Å²) < 4.78 is 56.3. The van der Waals surface area contributed by atoms with Crippen LogP contribution in [0, 0.1) is 6.92 Å². The number of rotatable bonds is 7. The number of hydrogen-bond donors (Lipinski definition) is 1. The van der Waals surface area contributed by atoms with Crippen LogP contribution in [-0.2, 0) is 16.1 Å². The second kappa shape index (κ2) is 6.75. The molecule has 1 aromatic heterocycles. The van der Waals surface area contributed by atoms with Crippen LogP contribution in [0.4, 0.5) is 17.6 Å². The van der Waals surface area contributed by atoms with Crippen LogP contribution in [0.2, 0.25) is 0 Å². The second-order valence-electron chi connectivity index (χ2n) is 3.61. The van der Waals surface area contributed by atoms with Gasteiger partial charge in [-0.25, -0.2) is 8.78 Å². The molecule has 0 fully saturated rings. The predicted octanol–water partition coefficient (Wildman–Crippen LogP) is 1.38. The Morgan fingerprint density at radius 2 is 2.21 bits per heavy atom. The molecule has 19 heavy (non-hydrogen) atoms. The number of carbonyl (C=O) groups excluding carboxylic acids is 1. The van der Waals surface area contributed by atoms with Gasteiger partial charge in [-0.3, -0.25) is 4.79 Å². The number of ether oxygens (including phenoxy) is 1. The molecule has 0 radical (unpaired) electrons. The number of aromatic nitrogens is 2. The number of amides is 1. The molecule has 0 aromatic carbocycles. The molecule has 1 aromatic rings. The molecule has 108 valence electrons. The fraction of sp³-hybridized carbons (Fsp3) is 0.667. The van der Waals surface area contributed by atoms with Crippen molar-refractivity contribution in [3.8, 4) is 0 Å². The monoisotopic (exact) mass is 301 g/mol. The summed E-state index contributed by atoms with van der Waals surface area (Å²) in [5.41, 5.74) is 0.649. The van der Waals surface area contributed by atoms with Gasteiger partial charge in [0.1, 0.15) is 13.2 Å².